The lowest BCUT2D eigenvalue weighted by Crippen LogP contribution is -2.58. The molecule has 2 fully saturated rings. The largest absolute Gasteiger partial charge is 0.337 e. The van der Waals surface area contributed by atoms with E-state index in [9.17, 15) is 13.2 Å². The highest BCUT2D eigenvalue weighted by atomic mass is 32.2. The number of piperidine rings is 1. The molecule has 7 nitrogen and oxygen atoms in total. The Morgan fingerprint density at radius 2 is 1.75 bits per heavy atom. The fourth-order valence-corrected chi connectivity index (χ4v) is 3.61. The van der Waals surface area contributed by atoms with E-state index in [2.05, 4.69) is 18.7 Å². The van der Waals surface area contributed by atoms with Gasteiger partial charge in [0.1, 0.15) is 0 Å². The summed E-state index contributed by atoms with van der Waals surface area (Å²) in [4.78, 5) is 16.4. The van der Waals surface area contributed by atoms with Gasteiger partial charge in [-0.2, -0.15) is 12.7 Å². The van der Waals surface area contributed by atoms with E-state index in [1.165, 1.54) is 0 Å². The molecule has 0 bridgehead atoms. The number of hydrogen-bond donors (Lipinski definition) is 1. The minimum atomic E-state index is -3.76. The summed E-state index contributed by atoms with van der Waals surface area (Å²) in [5, 5.41) is 5.07. The number of rotatable bonds is 3. The van der Waals surface area contributed by atoms with E-state index in [-0.39, 0.29) is 18.5 Å². The summed E-state index contributed by atoms with van der Waals surface area (Å²) in [6, 6.07) is 0.769. The standard InChI is InChI=1S/C12H24N4O3S/c1-10(2)14-5-3-11(4-6-14)16-8-7-15(9-12(16)17)20(13,18)19/h10-11H,3-9H2,1-2H3,(H2,13,18,19). The number of likely N-dealkylation sites (tertiary alicyclic amines) is 1. The van der Waals surface area contributed by atoms with Crippen molar-refractivity contribution in [3.05, 3.63) is 0 Å². The van der Waals surface area contributed by atoms with Gasteiger partial charge in [-0.05, 0) is 26.7 Å². The average Bonchev–Trinajstić information content (AvgIpc) is 2.37. The van der Waals surface area contributed by atoms with E-state index in [4.69, 9.17) is 5.14 Å². The van der Waals surface area contributed by atoms with Crippen LogP contribution in [0.5, 0.6) is 0 Å². The van der Waals surface area contributed by atoms with Crippen LogP contribution in [0.2, 0.25) is 0 Å². The molecule has 8 heteroatoms. The molecule has 2 heterocycles. The van der Waals surface area contributed by atoms with Crippen molar-refractivity contribution in [2.24, 2.45) is 5.14 Å². The van der Waals surface area contributed by atoms with Crippen molar-refractivity contribution in [1.82, 2.24) is 14.1 Å². The highest BCUT2D eigenvalue weighted by Crippen LogP contribution is 2.20. The first-order valence-corrected chi connectivity index (χ1v) is 8.60. The molecule has 0 unspecified atom stereocenters. The number of hydrogen-bond acceptors (Lipinski definition) is 4. The van der Waals surface area contributed by atoms with Gasteiger partial charge in [-0.1, -0.05) is 0 Å². The maximum absolute atomic E-state index is 12.1. The van der Waals surface area contributed by atoms with Crippen molar-refractivity contribution in [1.29, 1.82) is 0 Å². The second-order valence-corrected chi connectivity index (χ2v) is 7.37. The molecule has 1 amide bonds. The van der Waals surface area contributed by atoms with E-state index >= 15 is 0 Å². The molecule has 2 aliphatic heterocycles. The van der Waals surface area contributed by atoms with Crippen LogP contribution >= 0.6 is 0 Å². The van der Waals surface area contributed by atoms with Crippen LogP contribution in [0.4, 0.5) is 0 Å². The minimum Gasteiger partial charge on any atom is -0.337 e. The third-order valence-electron chi connectivity index (χ3n) is 4.25. The molecule has 0 saturated carbocycles. The predicted molar refractivity (Wildman–Crippen MR) is 76.1 cm³/mol. The Balaban J connectivity index is 1.91. The Bertz CT molecular complexity index is 457. The number of carbonyl (C=O) groups is 1. The second-order valence-electron chi connectivity index (χ2n) is 5.83. The van der Waals surface area contributed by atoms with Gasteiger partial charge in [-0.15, -0.1) is 0 Å². The number of nitrogens with two attached hydrogens (primary N) is 1. The smallest absolute Gasteiger partial charge is 0.277 e. The van der Waals surface area contributed by atoms with Crippen LogP contribution in [-0.4, -0.2) is 73.2 Å². The molecule has 2 N–H and O–H groups in total. The second kappa shape index (κ2) is 5.97. The zero-order valence-corrected chi connectivity index (χ0v) is 13.0. The zero-order chi connectivity index (χ0) is 14.9. The lowest BCUT2D eigenvalue weighted by molar-refractivity contribution is -0.137. The molecule has 0 spiro atoms. The SMILES string of the molecule is CC(C)N1CCC(N2CCN(S(N)(=O)=O)CC2=O)CC1. The molecule has 2 saturated heterocycles. The van der Waals surface area contributed by atoms with Gasteiger partial charge in [0.25, 0.3) is 10.2 Å². The molecular formula is C12H24N4O3S. The molecular weight excluding hydrogens is 280 g/mol. The molecule has 0 aromatic rings. The van der Waals surface area contributed by atoms with Gasteiger partial charge in [0, 0.05) is 38.3 Å². The van der Waals surface area contributed by atoms with E-state index in [0.717, 1.165) is 30.2 Å². The quantitative estimate of drug-likeness (QED) is 0.740. The summed E-state index contributed by atoms with van der Waals surface area (Å²) in [7, 11) is -3.76. The summed E-state index contributed by atoms with van der Waals surface area (Å²) in [6.45, 7) is 6.96. The molecule has 0 aromatic heterocycles. The highest BCUT2D eigenvalue weighted by Gasteiger charge is 2.34. The molecule has 116 valence electrons. The first-order valence-electron chi connectivity index (χ1n) is 7.10. The van der Waals surface area contributed by atoms with Gasteiger partial charge in [0.05, 0.1) is 6.54 Å². The maximum atomic E-state index is 12.1. The Labute approximate surface area is 120 Å². The fourth-order valence-electron chi connectivity index (χ4n) is 2.98. The summed E-state index contributed by atoms with van der Waals surface area (Å²) in [5.41, 5.74) is 0. The van der Waals surface area contributed by atoms with Crippen molar-refractivity contribution in [3.63, 3.8) is 0 Å². The van der Waals surface area contributed by atoms with Crippen molar-refractivity contribution >= 4 is 16.1 Å². The van der Waals surface area contributed by atoms with Crippen LogP contribution in [0, 0.1) is 0 Å². The normalized spacial score (nSPS) is 24.6. The van der Waals surface area contributed by atoms with Gasteiger partial charge in [0.15, 0.2) is 0 Å². The van der Waals surface area contributed by atoms with E-state index in [1.54, 1.807) is 0 Å². The van der Waals surface area contributed by atoms with Crippen molar-refractivity contribution in [3.8, 4) is 0 Å². The molecule has 0 aromatic carbocycles. The predicted octanol–water partition coefficient (Wildman–Crippen LogP) is -0.793. The van der Waals surface area contributed by atoms with Crippen LogP contribution in [0.15, 0.2) is 0 Å². The Hall–Kier alpha value is -0.700. The number of amides is 1. The van der Waals surface area contributed by atoms with Crippen LogP contribution in [-0.2, 0) is 15.0 Å². The van der Waals surface area contributed by atoms with Crippen LogP contribution < -0.4 is 5.14 Å². The monoisotopic (exact) mass is 304 g/mol. The fraction of sp³-hybridized carbons (Fsp3) is 0.917. The Morgan fingerprint density at radius 3 is 2.20 bits per heavy atom. The number of nitrogens with zero attached hydrogens (tertiary/aromatic N) is 3. The molecule has 0 radical (unpaired) electrons. The van der Waals surface area contributed by atoms with E-state index in [0.29, 0.717) is 19.1 Å². The Kier molecular flexibility index (Phi) is 4.68. The summed E-state index contributed by atoms with van der Waals surface area (Å²) in [5.74, 6) is -0.131. The molecule has 0 aliphatic carbocycles. The Morgan fingerprint density at radius 1 is 1.15 bits per heavy atom. The van der Waals surface area contributed by atoms with Gasteiger partial charge < -0.3 is 9.80 Å². The lowest BCUT2D eigenvalue weighted by atomic mass is 10.0. The summed E-state index contributed by atoms with van der Waals surface area (Å²) >= 11 is 0. The molecule has 0 atom stereocenters. The minimum absolute atomic E-state index is 0.122. The maximum Gasteiger partial charge on any atom is 0.277 e. The highest BCUT2D eigenvalue weighted by molar-refractivity contribution is 7.86. The third-order valence-corrected chi connectivity index (χ3v) is 5.28. The van der Waals surface area contributed by atoms with Crippen molar-refractivity contribution in [2.45, 2.75) is 38.8 Å². The number of carbonyl (C=O) groups excluding carboxylic acids is 1. The van der Waals surface area contributed by atoms with Gasteiger partial charge >= 0.3 is 0 Å². The van der Waals surface area contributed by atoms with Gasteiger partial charge in [-0.3, -0.25) is 4.79 Å². The topological polar surface area (TPSA) is 86.9 Å². The van der Waals surface area contributed by atoms with Crippen LogP contribution in [0.25, 0.3) is 0 Å². The van der Waals surface area contributed by atoms with Crippen LogP contribution in [0.1, 0.15) is 26.7 Å². The van der Waals surface area contributed by atoms with Crippen LogP contribution in [0.3, 0.4) is 0 Å². The van der Waals surface area contributed by atoms with E-state index in [1.807, 2.05) is 4.90 Å². The first-order chi connectivity index (χ1) is 9.29. The van der Waals surface area contributed by atoms with Gasteiger partial charge in [0.2, 0.25) is 5.91 Å². The van der Waals surface area contributed by atoms with Gasteiger partial charge in [-0.25, -0.2) is 5.14 Å². The summed E-state index contributed by atoms with van der Waals surface area (Å²) < 4.78 is 23.6. The molecule has 2 rings (SSSR count). The van der Waals surface area contributed by atoms with E-state index < -0.39 is 10.2 Å². The first kappa shape index (κ1) is 15.7. The molecule has 2 aliphatic rings. The molecule has 20 heavy (non-hydrogen) atoms. The van der Waals surface area contributed by atoms with Crippen molar-refractivity contribution < 1.29 is 13.2 Å². The average molecular weight is 304 g/mol. The zero-order valence-electron chi connectivity index (χ0n) is 12.2. The third kappa shape index (κ3) is 3.49. The number of piperazine rings is 1. The lowest BCUT2D eigenvalue weighted by Gasteiger charge is -2.42. The van der Waals surface area contributed by atoms with Crippen molar-refractivity contribution in [2.75, 3.05) is 32.7 Å². The summed E-state index contributed by atoms with van der Waals surface area (Å²) in [6.07, 6.45) is 1.92.